The van der Waals surface area contributed by atoms with Crippen LogP contribution in [0.5, 0.6) is 0 Å². The molecular weight excluding hydrogens is 376 g/mol. The number of carbonyl (C=O) groups is 1. The maximum atomic E-state index is 12.9. The maximum absolute atomic E-state index is 12.9. The lowest BCUT2D eigenvalue weighted by molar-refractivity contribution is -0.147. The molecule has 0 aliphatic heterocycles. The topological polar surface area (TPSA) is 69.7 Å². The van der Waals surface area contributed by atoms with Gasteiger partial charge in [0, 0.05) is 5.57 Å². The molecule has 0 N–H and O–H groups in total. The third-order valence-electron chi connectivity index (χ3n) is 8.36. The van der Waals surface area contributed by atoms with E-state index in [0.717, 1.165) is 56.8 Å². The van der Waals surface area contributed by atoms with Crippen molar-refractivity contribution in [3.05, 3.63) is 12.2 Å². The number of hydrogen-bond donors (Lipinski definition) is 0. The Bertz CT molecular complexity index is 744. The Balaban J connectivity index is 1.17. The van der Waals surface area contributed by atoms with Gasteiger partial charge in [0.1, 0.15) is 6.10 Å². The first-order valence-corrected chi connectivity index (χ1v) is 12.6. The average Bonchev–Trinajstić information content (AvgIpc) is 3.16. The number of carbonyl (C=O) groups excluding carboxylic acids is 1. The van der Waals surface area contributed by atoms with Gasteiger partial charge in [-0.15, -0.1) is 0 Å². The van der Waals surface area contributed by atoms with Gasteiger partial charge in [0.05, 0.1) is 11.9 Å². The molecule has 0 radical (unpaired) electrons. The molecule has 28 heavy (non-hydrogen) atoms. The molecule has 6 aliphatic rings. The number of rotatable bonds is 6. The molecule has 0 aromatic rings. The molecule has 5 nitrogen and oxygen atoms in total. The van der Waals surface area contributed by atoms with Gasteiger partial charge in [-0.2, -0.15) is 8.42 Å². The number of hydrogen-bond acceptors (Lipinski definition) is 5. The Morgan fingerprint density at radius 2 is 1.54 bits per heavy atom. The summed E-state index contributed by atoms with van der Waals surface area (Å²) < 4.78 is 37.2. The van der Waals surface area contributed by atoms with E-state index in [1.807, 2.05) is 0 Å². The van der Waals surface area contributed by atoms with Gasteiger partial charge in [-0.05, 0) is 99.7 Å². The third kappa shape index (κ3) is 3.45. The molecule has 6 bridgehead atoms. The van der Waals surface area contributed by atoms with E-state index in [1.54, 1.807) is 6.92 Å². The van der Waals surface area contributed by atoms with Crippen LogP contribution in [0.15, 0.2) is 12.2 Å². The summed E-state index contributed by atoms with van der Waals surface area (Å²) in [4.78, 5) is 11.8. The Labute approximate surface area is 168 Å². The standard InChI is InChI=1S/C22H32O5S/c1-12(2)22(23)26-20-10-15-8-16(20)9-19(15)11-28(24,25)27-21-17-4-13-3-14(6-17)7-18(21)5-13/h13-21H,1,3-11H2,2H3. The summed E-state index contributed by atoms with van der Waals surface area (Å²) in [6.07, 6.45) is 8.44. The highest BCUT2D eigenvalue weighted by molar-refractivity contribution is 7.86. The molecule has 6 heteroatoms. The van der Waals surface area contributed by atoms with Crippen LogP contribution in [0, 0.1) is 41.4 Å². The fraction of sp³-hybridized carbons (Fsp3) is 0.864. The van der Waals surface area contributed by atoms with Crippen LogP contribution in [0.3, 0.4) is 0 Å². The number of fused-ring (bicyclic) bond motifs is 2. The highest BCUT2D eigenvalue weighted by atomic mass is 32.2. The lowest BCUT2D eigenvalue weighted by Gasteiger charge is -2.53. The second-order valence-electron chi connectivity index (χ2n) is 10.4. The van der Waals surface area contributed by atoms with E-state index in [9.17, 15) is 13.2 Å². The highest BCUT2D eigenvalue weighted by Gasteiger charge is 2.52. The molecule has 0 saturated heterocycles. The van der Waals surface area contributed by atoms with Crippen molar-refractivity contribution in [1.82, 2.24) is 0 Å². The van der Waals surface area contributed by atoms with Crippen LogP contribution in [-0.4, -0.2) is 32.3 Å². The molecular formula is C22H32O5S. The lowest BCUT2D eigenvalue weighted by atomic mass is 9.55. The second kappa shape index (κ2) is 6.83. The van der Waals surface area contributed by atoms with Gasteiger partial charge < -0.3 is 4.74 Å². The third-order valence-corrected chi connectivity index (χ3v) is 9.71. The minimum atomic E-state index is -3.51. The lowest BCUT2D eigenvalue weighted by Crippen LogP contribution is -2.50. The van der Waals surface area contributed by atoms with E-state index >= 15 is 0 Å². The maximum Gasteiger partial charge on any atom is 0.333 e. The molecule has 156 valence electrons. The van der Waals surface area contributed by atoms with Gasteiger partial charge in [0.2, 0.25) is 0 Å². The Morgan fingerprint density at radius 3 is 2.07 bits per heavy atom. The van der Waals surface area contributed by atoms with E-state index < -0.39 is 10.1 Å². The molecule has 0 aromatic heterocycles. The van der Waals surface area contributed by atoms with Crippen molar-refractivity contribution in [3.63, 3.8) is 0 Å². The van der Waals surface area contributed by atoms with Crippen LogP contribution in [0.1, 0.15) is 58.3 Å². The van der Waals surface area contributed by atoms with Crippen molar-refractivity contribution in [3.8, 4) is 0 Å². The molecule has 4 atom stereocenters. The number of esters is 1. The first kappa shape index (κ1) is 19.1. The van der Waals surface area contributed by atoms with Gasteiger partial charge in [0.15, 0.2) is 0 Å². The fourth-order valence-electron chi connectivity index (χ4n) is 7.43. The van der Waals surface area contributed by atoms with Crippen LogP contribution in [0.25, 0.3) is 0 Å². The summed E-state index contributed by atoms with van der Waals surface area (Å²) in [6, 6.07) is 0. The molecule has 6 fully saturated rings. The normalized spacial score (nSPS) is 46.1. The van der Waals surface area contributed by atoms with Crippen molar-refractivity contribution < 1.29 is 22.1 Å². The average molecular weight is 409 g/mol. The Hall–Kier alpha value is -0.880. The zero-order chi connectivity index (χ0) is 19.6. The molecule has 0 spiro atoms. The molecule has 0 amide bonds. The summed E-state index contributed by atoms with van der Waals surface area (Å²) in [7, 11) is -3.51. The predicted octanol–water partition coefficient (Wildman–Crippen LogP) is 3.69. The summed E-state index contributed by atoms with van der Waals surface area (Å²) in [6.45, 7) is 5.30. The van der Waals surface area contributed by atoms with Gasteiger partial charge >= 0.3 is 5.97 Å². The first-order valence-electron chi connectivity index (χ1n) is 11.0. The van der Waals surface area contributed by atoms with E-state index in [-0.39, 0.29) is 35.8 Å². The summed E-state index contributed by atoms with van der Waals surface area (Å²) in [5.74, 6) is 3.11. The van der Waals surface area contributed by atoms with Crippen molar-refractivity contribution >= 4 is 16.1 Å². The molecule has 6 saturated carbocycles. The molecule has 6 rings (SSSR count). The largest absolute Gasteiger partial charge is 0.459 e. The van der Waals surface area contributed by atoms with E-state index in [1.165, 1.54) is 6.42 Å². The molecule has 0 aromatic carbocycles. The van der Waals surface area contributed by atoms with Crippen LogP contribution < -0.4 is 0 Å². The van der Waals surface area contributed by atoms with Crippen molar-refractivity contribution in [2.24, 2.45) is 41.4 Å². The van der Waals surface area contributed by atoms with Crippen LogP contribution in [0.4, 0.5) is 0 Å². The quantitative estimate of drug-likeness (QED) is 0.381. The SMILES string of the molecule is C=C(C)C(=O)OC1CC2CC1CC2CS(=O)(=O)OC1C2CC3CC(C2)CC1C3. The van der Waals surface area contributed by atoms with Crippen molar-refractivity contribution in [2.75, 3.05) is 5.75 Å². The van der Waals surface area contributed by atoms with Crippen LogP contribution in [0.2, 0.25) is 0 Å². The molecule has 6 aliphatic carbocycles. The minimum absolute atomic E-state index is 0.0688. The monoisotopic (exact) mass is 408 g/mol. The van der Waals surface area contributed by atoms with Gasteiger partial charge in [-0.1, -0.05) is 6.58 Å². The Morgan fingerprint density at radius 1 is 0.893 bits per heavy atom. The van der Waals surface area contributed by atoms with Gasteiger partial charge in [0.25, 0.3) is 10.1 Å². The van der Waals surface area contributed by atoms with Gasteiger partial charge in [-0.25, -0.2) is 4.79 Å². The van der Waals surface area contributed by atoms with Crippen molar-refractivity contribution in [1.29, 1.82) is 0 Å². The van der Waals surface area contributed by atoms with Crippen LogP contribution in [-0.2, 0) is 23.8 Å². The van der Waals surface area contributed by atoms with Crippen LogP contribution >= 0.6 is 0 Å². The van der Waals surface area contributed by atoms with E-state index in [2.05, 4.69) is 6.58 Å². The summed E-state index contributed by atoms with van der Waals surface area (Å²) >= 11 is 0. The first-order chi connectivity index (χ1) is 13.3. The zero-order valence-electron chi connectivity index (χ0n) is 16.7. The summed E-state index contributed by atoms with van der Waals surface area (Å²) in [5, 5.41) is 0. The number of ether oxygens (including phenoxy) is 1. The second-order valence-corrected chi connectivity index (χ2v) is 12.1. The molecule has 4 unspecified atom stereocenters. The summed E-state index contributed by atoms with van der Waals surface area (Å²) in [5.41, 5.74) is 0.422. The van der Waals surface area contributed by atoms with E-state index in [0.29, 0.717) is 23.3 Å². The van der Waals surface area contributed by atoms with E-state index in [4.69, 9.17) is 8.92 Å². The predicted molar refractivity (Wildman–Crippen MR) is 105 cm³/mol. The molecule has 0 heterocycles. The Kier molecular flexibility index (Phi) is 4.66. The van der Waals surface area contributed by atoms with Gasteiger partial charge in [-0.3, -0.25) is 4.18 Å². The smallest absolute Gasteiger partial charge is 0.333 e. The fourth-order valence-corrected chi connectivity index (χ4v) is 9.10. The van der Waals surface area contributed by atoms with Crippen molar-refractivity contribution in [2.45, 2.75) is 70.5 Å². The minimum Gasteiger partial charge on any atom is -0.459 e. The highest BCUT2D eigenvalue weighted by Crippen LogP contribution is 2.55. The zero-order valence-corrected chi connectivity index (χ0v) is 17.5.